The summed E-state index contributed by atoms with van der Waals surface area (Å²) >= 11 is 6.13. The number of hydrogen-bond donors (Lipinski definition) is 2. The van der Waals surface area contributed by atoms with Crippen molar-refractivity contribution in [2.45, 2.75) is 6.92 Å². The third kappa shape index (κ3) is 2.90. The number of nitrogens with one attached hydrogen (secondary N) is 1. The molecule has 3 N–H and O–H groups in total. The Balaban J connectivity index is 1.97. The maximum atomic E-state index is 6.13. The SMILES string of the molecule is Cc1ccc(Cl)c(Nc2nc(N)nc(-n3cncn3)n2)c1. The summed E-state index contributed by atoms with van der Waals surface area (Å²) in [6.07, 6.45) is 2.85. The van der Waals surface area contributed by atoms with E-state index in [2.05, 4.69) is 30.4 Å². The number of nitrogens with two attached hydrogens (primary N) is 1. The number of benzene rings is 1. The van der Waals surface area contributed by atoms with E-state index in [0.29, 0.717) is 10.7 Å². The highest BCUT2D eigenvalue weighted by molar-refractivity contribution is 6.33. The summed E-state index contributed by atoms with van der Waals surface area (Å²) in [5, 5.41) is 7.53. The van der Waals surface area contributed by atoms with Gasteiger partial charge in [-0.15, -0.1) is 0 Å². The zero-order valence-electron chi connectivity index (χ0n) is 11.0. The molecule has 0 aliphatic rings. The standard InChI is InChI=1S/C12H11ClN8/c1-7-2-3-8(13)9(4-7)17-11-18-10(14)19-12(20-11)21-6-15-5-16-21/h2-6H,1H3,(H3,14,17,18,19,20). The fourth-order valence-corrected chi connectivity index (χ4v) is 1.87. The predicted octanol–water partition coefficient (Wildman–Crippen LogP) is 1.74. The van der Waals surface area contributed by atoms with E-state index in [1.807, 2.05) is 19.1 Å². The van der Waals surface area contributed by atoms with E-state index in [9.17, 15) is 0 Å². The van der Waals surface area contributed by atoms with Crippen molar-refractivity contribution in [2.24, 2.45) is 0 Å². The fourth-order valence-electron chi connectivity index (χ4n) is 1.71. The highest BCUT2D eigenvalue weighted by atomic mass is 35.5. The molecule has 9 heteroatoms. The van der Waals surface area contributed by atoms with Crippen LogP contribution in [0.1, 0.15) is 5.56 Å². The van der Waals surface area contributed by atoms with Crippen LogP contribution in [-0.2, 0) is 0 Å². The largest absolute Gasteiger partial charge is 0.368 e. The van der Waals surface area contributed by atoms with E-state index >= 15 is 0 Å². The Labute approximate surface area is 125 Å². The molecule has 0 saturated heterocycles. The maximum absolute atomic E-state index is 6.13. The lowest BCUT2D eigenvalue weighted by Crippen LogP contribution is -2.09. The van der Waals surface area contributed by atoms with Gasteiger partial charge >= 0.3 is 0 Å². The summed E-state index contributed by atoms with van der Waals surface area (Å²) in [7, 11) is 0. The smallest absolute Gasteiger partial charge is 0.258 e. The molecule has 0 aliphatic heterocycles. The molecule has 1 aromatic carbocycles. The Morgan fingerprint density at radius 3 is 2.86 bits per heavy atom. The first-order valence-electron chi connectivity index (χ1n) is 6.01. The molecule has 8 nitrogen and oxygen atoms in total. The van der Waals surface area contributed by atoms with Gasteiger partial charge in [-0.1, -0.05) is 17.7 Å². The lowest BCUT2D eigenvalue weighted by atomic mass is 10.2. The molecule has 0 atom stereocenters. The van der Waals surface area contributed by atoms with E-state index in [1.165, 1.54) is 17.3 Å². The number of hydrogen-bond acceptors (Lipinski definition) is 7. The maximum Gasteiger partial charge on any atom is 0.258 e. The van der Waals surface area contributed by atoms with Crippen molar-refractivity contribution < 1.29 is 0 Å². The van der Waals surface area contributed by atoms with Crippen molar-refractivity contribution in [2.75, 3.05) is 11.1 Å². The molecule has 0 amide bonds. The highest BCUT2D eigenvalue weighted by Crippen LogP contribution is 2.25. The lowest BCUT2D eigenvalue weighted by molar-refractivity contribution is 0.800. The van der Waals surface area contributed by atoms with Crippen LogP contribution in [0, 0.1) is 6.92 Å². The normalized spacial score (nSPS) is 10.6. The van der Waals surface area contributed by atoms with Gasteiger partial charge in [0.05, 0.1) is 10.7 Å². The van der Waals surface area contributed by atoms with Crippen LogP contribution >= 0.6 is 11.6 Å². The first-order valence-corrected chi connectivity index (χ1v) is 6.39. The molecule has 3 aromatic rings. The van der Waals surface area contributed by atoms with E-state index in [0.717, 1.165) is 5.56 Å². The van der Waals surface area contributed by atoms with Crippen molar-refractivity contribution in [3.05, 3.63) is 41.4 Å². The van der Waals surface area contributed by atoms with Crippen LogP contribution in [0.3, 0.4) is 0 Å². The van der Waals surface area contributed by atoms with Crippen LogP contribution in [0.5, 0.6) is 0 Å². The average molecular weight is 303 g/mol. The fraction of sp³-hybridized carbons (Fsp3) is 0.0833. The second-order valence-electron chi connectivity index (χ2n) is 4.27. The van der Waals surface area contributed by atoms with Crippen LogP contribution in [0.15, 0.2) is 30.9 Å². The minimum absolute atomic E-state index is 0.0711. The van der Waals surface area contributed by atoms with Crippen LogP contribution in [0.2, 0.25) is 5.02 Å². The third-order valence-electron chi connectivity index (χ3n) is 2.63. The quantitative estimate of drug-likeness (QED) is 0.758. The van der Waals surface area contributed by atoms with Crippen LogP contribution in [-0.4, -0.2) is 29.7 Å². The Bertz CT molecular complexity index is 771. The molecule has 3 rings (SSSR count). The van der Waals surface area contributed by atoms with Gasteiger partial charge in [-0.05, 0) is 24.6 Å². The zero-order valence-corrected chi connectivity index (χ0v) is 11.8. The second-order valence-corrected chi connectivity index (χ2v) is 4.67. The number of anilines is 3. The molecule has 0 aliphatic carbocycles. The molecular weight excluding hydrogens is 292 g/mol. The van der Waals surface area contributed by atoms with Crippen molar-refractivity contribution in [3.8, 4) is 5.95 Å². The van der Waals surface area contributed by atoms with Gasteiger partial charge in [0.25, 0.3) is 5.95 Å². The minimum Gasteiger partial charge on any atom is -0.368 e. The Hall–Kier alpha value is -2.74. The summed E-state index contributed by atoms with van der Waals surface area (Å²) in [5.41, 5.74) is 7.43. The Morgan fingerprint density at radius 1 is 1.24 bits per heavy atom. The Morgan fingerprint density at radius 2 is 2.10 bits per heavy atom. The predicted molar refractivity (Wildman–Crippen MR) is 78.6 cm³/mol. The van der Waals surface area contributed by atoms with E-state index in [4.69, 9.17) is 17.3 Å². The number of nitrogens with zero attached hydrogens (tertiary/aromatic N) is 6. The lowest BCUT2D eigenvalue weighted by Gasteiger charge is -2.09. The van der Waals surface area contributed by atoms with Gasteiger partial charge in [0.2, 0.25) is 11.9 Å². The first-order chi connectivity index (χ1) is 10.1. The van der Waals surface area contributed by atoms with Gasteiger partial charge in [0.15, 0.2) is 0 Å². The summed E-state index contributed by atoms with van der Waals surface area (Å²) in [6.45, 7) is 1.96. The van der Waals surface area contributed by atoms with Crippen LogP contribution < -0.4 is 11.1 Å². The van der Waals surface area contributed by atoms with Crippen molar-refractivity contribution in [1.82, 2.24) is 29.7 Å². The number of rotatable bonds is 3. The Kier molecular flexibility index (Phi) is 3.36. The topological polar surface area (TPSA) is 107 Å². The van der Waals surface area contributed by atoms with Gasteiger partial charge in [0, 0.05) is 0 Å². The van der Waals surface area contributed by atoms with Crippen LogP contribution in [0.25, 0.3) is 5.95 Å². The number of halogens is 1. The van der Waals surface area contributed by atoms with Crippen molar-refractivity contribution in [3.63, 3.8) is 0 Å². The zero-order chi connectivity index (χ0) is 14.8. The van der Waals surface area contributed by atoms with E-state index in [1.54, 1.807) is 6.07 Å². The third-order valence-corrected chi connectivity index (χ3v) is 2.96. The van der Waals surface area contributed by atoms with Crippen molar-refractivity contribution >= 4 is 29.2 Å². The molecule has 2 aromatic heterocycles. The summed E-state index contributed by atoms with van der Waals surface area (Å²) in [6, 6.07) is 5.59. The summed E-state index contributed by atoms with van der Waals surface area (Å²) < 4.78 is 1.39. The van der Waals surface area contributed by atoms with Gasteiger partial charge in [-0.3, -0.25) is 0 Å². The number of nitrogen functional groups attached to an aromatic ring is 1. The molecule has 0 saturated carbocycles. The van der Waals surface area contributed by atoms with Gasteiger partial charge < -0.3 is 11.1 Å². The molecule has 106 valence electrons. The van der Waals surface area contributed by atoms with Crippen LogP contribution in [0.4, 0.5) is 17.6 Å². The molecule has 0 radical (unpaired) electrons. The number of aryl methyl sites for hydroxylation is 1. The van der Waals surface area contributed by atoms with Gasteiger partial charge in [-0.2, -0.15) is 24.7 Å². The summed E-state index contributed by atoms with van der Waals surface area (Å²) in [5.74, 6) is 0.619. The monoisotopic (exact) mass is 302 g/mol. The van der Waals surface area contributed by atoms with Crippen molar-refractivity contribution in [1.29, 1.82) is 0 Å². The second kappa shape index (κ2) is 5.33. The molecule has 0 fully saturated rings. The first kappa shape index (κ1) is 13.3. The van der Waals surface area contributed by atoms with Gasteiger partial charge in [-0.25, -0.2) is 4.98 Å². The molecule has 0 spiro atoms. The number of aromatic nitrogens is 6. The molecule has 0 unspecified atom stereocenters. The molecule has 0 bridgehead atoms. The van der Waals surface area contributed by atoms with E-state index in [-0.39, 0.29) is 17.8 Å². The van der Waals surface area contributed by atoms with Gasteiger partial charge in [0.1, 0.15) is 12.7 Å². The highest BCUT2D eigenvalue weighted by Gasteiger charge is 2.09. The molecule has 2 heterocycles. The average Bonchev–Trinajstić information content (AvgIpc) is 2.96. The van der Waals surface area contributed by atoms with E-state index < -0.39 is 0 Å². The minimum atomic E-state index is 0.0711. The molecule has 21 heavy (non-hydrogen) atoms. The molecular formula is C12H11ClN8. The summed E-state index contributed by atoms with van der Waals surface area (Å²) in [4.78, 5) is 16.1.